The molecule has 8 rings (SSSR count). The van der Waals surface area contributed by atoms with Crippen LogP contribution in [0.2, 0.25) is 0 Å². The van der Waals surface area contributed by atoms with Gasteiger partial charge < -0.3 is 10.8 Å². The molecular weight excluding hydrogens is 655 g/mol. The van der Waals surface area contributed by atoms with Crippen LogP contribution >= 0.6 is 0 Å². The maximum atomic E-state index is 7.00. The summed E-state index contributed by atoms with van der Waals surface area (Å²) in [4.78, 5) is 0. The van der Waals surface area contributed by atoms with Crippen molar-refractivity contribution in [2.24, 2.45) is 0 Å². The lowest BCUT2D eigenvalue weighted by atomic mass is 9.64. The molecule has 1 atom stereocenters. The molecule has 6 aromatic carbocycles. The van der Waals surface area contributed by atoms with Crippen LogP contribution in [-0.2, 0) is 11.8 Å². The molecular formula is C52H49NO. The summed E-state index contributed by atoms with van der Waals surface area (Å²) in [6.07, 6.45) is 22.2. The van der Waals surface area contributed by atoms with E-state index in [1.807, 2.05) is 37.3 Å². The summed E-state index contributed by atoms with van der Waals surface area (Å²) >= 11 is 0. The smallest absolute Gasteiger partial charge is 0.0677 e. The zero-order valence-electron chi connectivity index (χ0n) is 31.3. The predicted octanol–water partition coefficient (Wildman–Crippen LogP) is 12.7. The third-order valence-corrected chi connectivity index (χ3v) is 10.1. The van der Waals surface area contributed by atoms with Gasteiger partial charge in [-0.3, -0.25) is 0 Å². The number of aliphatic hydroxyl groups is 1. The molecule has 2 nitrogen and oxygen atoms in total. The Labute approximate surface area is 321 Å². The normalized spacial score (nSPS) is 16.6. The predicted molar refractivity (Wildman–Crippen MR) is 233 cm³/mol. The van der Waals surface area contributed by atoms with Crippen LogP contribution in [0.5, 0.6) is 0 Å². The van der Waals surface area contributed by atoms with Crippen molar-refractivity contribution in [1.29, 1.82) is 0 Å². The molecule has 0 amide bonds. The van der Waals surface area contributed by atoms with E-state index in [0.717, 1.165) is 32.1 Å². The minimum absolute atomic E-state index is 0.384. The van der Waals surface area contributed by atoms with Gasteiger partial charge >= 0.3 is 0 Å². The fourth-order valence-corrected chi connectivity index (χ4v) is 7.67. The Morgan fingerprint density at radius 1 is 0.704 bits per heavy atom. The van der Waals surface area contributed by atoms with Gasteiger partial charge in [-0.1, -0.05) is 182 Å². The van der Waals surface area contributed by atoms with Crippen molar-refractivity contribution >= 4 is 28.1 Å². The van der Waals surface area contributed by atoms with E-state index in [0.29, 0.717) is 0 Å². The first-order chi connectivity index (χ1) is 26.6. The lowest BCUT2D eigenvalue weighted by Crippen LogP contribution is -2.30. The van der Waals surface area contributed by atoms with Crippen LogP contribution in [0.3, 0.4) is 0 Å². The summed E-state index contributed by atoms with van der Waals surface area (Å²) in [5.41, 5.74) is 19.5. The highest BCUT2D eigenvalue weighted by Crippen LogP contribution is 2.59. The Balaban J connectivity index is 0.000000185. The number of anilines is 1. The average Bonchev–Trinajstić information content (AvgIpc) is 3.49. The molecule has 268 valence electrons. The second-order valence-electron chi connectivity index (χ2n) is 13.4. The molecule has 0 fully saturated rings. The first-order valence-electron chi connectivity index (χ1n) is 18.7. The fraction of sp³-hybridized carbons (Fsp3) is 0.115. The van der Waals surface area contributed by atoms with Crippen molar-refractivity contribution < 1.29 is 5.11 Å². The van der Waals surface area contributed by atoms with Crippen LogP contribution in [0.1, 0.15) is 53.1 Å². The maximum absolute atomic E-state index is 7.00. The summed E-state index contributed by atoms with van der Waals surface area (Å²) in [5.74, 6) is 0. The van der Waals surface area contributed by atoms with E-state index < -0.39 is 0 Å². The molecule has 0 saturated heterocycles. The summed E-state index contributed by atoms with van der Waals surface area (Å²) in [6.45, 7) is 6.71. The summed E-state index contributed by atoms with van der Waals surface area (Å²) in [5, 5.41) is 9.53. The van der Waals surface area contributed by atoms with E-state index in [9.17, 15) is 0 Å². The van der Waals surface area contributed by atoms with Crippen LogP contribution in [0.15, 0.2) is 200 Å². The number of nitrogens with two attached hydrogens (primary N) is 1. The number of hydrogen-bond donors (Lipinski definition) is 2. The number of allylic oxidation sites excluding steroid dienone is 10. The molecule has 54 heavy (non-hydrogen) atoms. The van der Waals surface area contributed by atoms with Gasteiger partial charge in [-0.15, -0.1) is 0 Å². The van der Waals surface area contributed by atoms with Gasteiger partial charge in [-0.05, 0) is 111 Å². The van der Waals surface area contributed by atoms with Crippen LogP contribution in [0.25, 0.3) is 33.5 Å². The van der Waals surface area contributed by atoms with Crippen LogP contribution in [0.4, 0.5) is 5.69 Å². The van der Waals surface area contributed by atoms with Crippen molar-refractivity contribution in [3.05, 3.63) is 234 Å². The third-order valence-electron chi connectivity index (χ3n) is 10.1. The Bertz CT molecular complexity index is 2360. The molecule has 2 heteroatoms. The molecule has 1 unspecified atom stereocenters. The average molecular weight is 704 g/mol. The number of hydrogen-bond acceptors (Lipinski definition) is 2. The maximum Gasteiger partial charge on any atom is 0.0677 e. The lowest BCUT2D eigenvalue weighted by molar-refractivity contribution is 0.399. The van der Waals surface area contributed by atoms with Crippen molar-refractivity contribution in [2.75, 3.05) is 12.8 Å². The lowest BCUT2D eigenvalue weighted by Gasteiger charge is -2.37. The molecule has 0 saturated carbocycles. The zero-order valence-corrected chi connectivity index (χ0v) is 31.3. The van der Waals surface area contributed by atoms with Crippen molar-refractivity contribution in [3.63, 3.8) is 0 Å². The molecule has 0 aliphatic heterocycles. The van der Waals surface area contributed by atoms with Crippen molar-refractivity contribution in [2.45, 2.75) is 31.6 Å². The Hall–Kier alpha value is -6.22. The number of aliphatic hydroxyl groups excluding tert-OH is 1. The van der Waals surface area contributed by atoms with E-state index in [1.54, 1.807) is 0 Å². The first-order valence-corrected chi connectivity index (χ1v) is 18.7. The SMILES string of the molecule is C/C=C/C=C\C(=C/C=C/Cc1ccccc1)c1ccccc1.C=C1CC/C=C\c2ccccc2C12c1cc(N)ccc1-c1cc3ccccc3cc12.CO. The molecule has 6 aromatic rings. The second kappa shape index (κ2) is 18.0. The molecule has 3 N–H and O–H groups in total. The highest BCUT2D eigenvalue weighted by molar-refractivity contribution is 5.96. The van der Waals surface area contributed by atoms with Crippen LogP contribution in [-0.4, -0.2) is 12.2 Å². The van der Waals surface area contributed by atoms with Gasteiger partial charge in [0.1, 0.15) is 0 Å². The molecule has 0 aromatic heterocycles. The van der Waals surface area contributed by atoms with Gasteiger partial charge in [0.15, 0.2) is 0 Å². The largest absolute Gasteiger partial charge is 0.400 e. The van der Waals surface area contributed by atoms with Gasteiger partial charge in [-0.2, -0.15) is 0 Å². The highest BCUT2D eigenvalue weighted by atomic mass is 16.2. The monoisotopic (exact) mass is 703 g/mol. The third kappa shape index (κ3) is 7.90. The summed E-state index contributed by atoms with van der Waals surface area (Å²) in [7, 11) is 1.00. The molecule has 0 radical (unpaired) electrons. The zero-order chi connectivity index (χ0) is 37.8. The fourth-order valence-electron chi connectivity index (χ4n) is 7.67. The number of rotatable bonds is 6. The summed E-state index contributed by atoms with van der Waals surface area (Å²) < 4.78 is 0. The topological polar surface area (TPSA) is 46.2 Å². The quantitative estimate of drug-likeness (QED) is 0.103. The molecule has 2 aliphatic rings. The Morgan fingerprint density at radius 3 is 2.13 bits per heavy atom. The molecule has 1 spiro atoms. The molecule has 0 bridgehead atoms. The standard InChI is InChI=1S/C29H23N.C22H22.CH4O/c1-19-8-2-3-9-20-10-6-7-13-26(20)29(19)27-17-22-12-5-4-11-21(22)16-25(27)24-15-14-23(30)18-28(24)29;1-2-3-6-16-21(22-17-9-5-10-18-22)19-12-11-15-20-13-7-4-8-14-20;1-2/h3-7,9-18H,1-2,8,30H2;2-14,16-19H,15H2,1H3;2H,1H3/b9-3-;3-2+,12-11+,16-6-,21-19+;. The van der Waals surface area contributed by atoms with E-state index in [4.69, 9.17) is 10.8 Å². The minimum atomic E-state index is -0.384. The number of fused-ring (bicyclic) bond motifs is 8. The van der Waals surface area contributed by atoms with Gasteiger partial charge in [0.05, 0.1) is 5.41 Å². The van der Waals surface area contributed by atoms with Crippen molar-refractivity contribution in [1.82, 2.24) is 0 Å². The van der Waals surface area contributed by atoms with E-state index in [2.05, 4.69) is 170 Å². The Morgan fingerprint density at radius 2 is 1.37 bits per heavy atom. The van der Waals surface area contributed by atoms with Crippen LogP contribution in [0, 0.1) is 0 Å². The van der Waals surface area contributed by atoms with E-state index in [-0.39, 0.29) is 5.41 Å². The van der Waals surface area contributed by atoms with Gasteiger partial charge in [0.2, 0.25) is 0 Å². The van der Waals surface area contributed by atoms with E-state index in [1.165, 1.54) is 66.4 Å². The molecule has 2 aliphatic carbocycles. The first kappa shape index (κ1) is 37.5. The summed E-state index contributed by atoms with van der Waals surface area (Å²) in [6, 6.07) is 49.5. The number of nitrogen functional groups attached to an aromatic ring is 1. The van der Waals surface area contributed by atoms with Crippen molar-refractivity contribution in [3.8, 4) is 11.1 Å². The van der Waals surface area contributed by atoms with Crippen LogP contribution < -0.4 is 5.73 Å². The highest BCUT2D eigenvalue weighted by Gasteiger charge is 2.47. The van der Waals surface area contributed by atoms with Gasteiger partial charge in [-0.25, -0.2) is 0 Å². The van der Waals surface area contributed by atoms with Gasteiger partial charge in [0.25, 0.3) is 0 Å². The minimum Gasteiger partial charge on any atom is -0.400 e. The Kier molecular flexibility index (Phi) is 12.5. The van der Waals surface area contributed by atoms with Gasteiger partial charge in [0, 0.05) is 12.8 Å². The van der Waals surface area contributed by atoms with E-state index >= 15 is 0 Å². The second-order valence-corrected chi connectivity index (χ2v) is 13.4. The number of benzene rings is 6. The molecule has 0 heterocycles.